The number of benzene rings is 1. The van der Waals surface area contributed by atoms with Crippen molar-refractivity contribution in [3.8, 4) is 0 Å². The van der Waals surface area contributed by atoms with Gasteiger partial charge in [-0.05, 0) is 26.0 Å². The largest absolute Gasteiger partial charge is 0.310 e. The van der Waals surface area contributed by atoms with Crippen LogP contribution in [0.15, 0.2) is 24.3 Å². The molecular weight excluding hydrogens is 201 g/mol. The Morgan fingerprint density at radius 2 is 1.94 bits per heavy atom. The van der Waals surface area contributed by atoms with Crippen molar-refractivity contribution in [2.45, 2.75) is 45.6 Å². The number of hydrogen-bond donors (Lipinski definition) is 1. The van der Waals surface area contributed by atoms with Gasteiger partial charge in [0, 0.05) is 11.6 Å². The summed E-state index contributed by atoms with van der Waals surface area (Å²) < 4.78 is 13.4. The molecule has 0 saturated heterocycles. The van der Waals surface area contributed by atoms with E-state index < -0.39 is 0 Å². The van der Waals surface area contributed by atoms with E-state index in [1.807, 2.05) is 19.1 Å². The van der Waals surface area contributed by atoms with Gasteiger partial charge in [-0.25, -0.2) is 4.39 Å². The molecule has 0 radical (unpaired) electrons. The van der Waals surface area contributed by atoms with E-state index in [2.05, 4.69) is 12.2 Å². The van der Waals surface area contributed by atoms with Crippen LogP contribution < -0.4 is 5.32 Å². The fraction of sp³-hybridized carbons (Fsp3) is 0.571. The van der Waals surface area contributed by atoms with E-state index in [-0.39, 0.29) is 11.9 Å². The van der Waals surface area contributed by atoms with Crippen LogP contribution in [0.1, 0.15) is 51.1 Å². The van der Waals surface area contributed by atoms with Crippen molar-refractivity contribution < 1.29 is 4.39 Å². The van der Waals surface area contributed by atoms with E-state index in [0.717, 1.165) is 12.1 Å². The number of halogens is 1. The highest BCUT2D eigenvalue weighted by Crippen LogP contribution is 2.15. The first-order valence-corrected chi connectivity index (χ1v) is 6.23. The summed E-state index contributed by atoms with van der Waals surface area (Å²) in [7, 11) is 0. The van der Waals surface area contributed by atoms with E-state index in [1.165, 1.54) is 31.7 Å². The Morgan fingerprint density at radius 1 is 1.19 bits per heavy atom. The van der Waals surface area contributed by atoms with Crippen molar-refractivity contribution >= 4 is 0 Å². The molecule has 0 amide bonds. The molecule has 1 aromatic carbocycles. The number of nitrogens with one attached hydrogen (secondary N) is 1. The van der Waals surface area contributed by atoms with Crippen molar-refractivity contribution in [1.29, 1.82) is 0 Å². The lowest BCUT2D eigenvalue weighted by atomic mass is 10.1. The van der Waals surface area contributed by atoms with Crippen molar-refractivity contribution in [3.63, 3.8) is 0 Å². The molecule has 0 bridgehead atoms. The van der Waals surface area contributed by atoms with Gasteiger partial charge >= 0.3 is 0 Å². The fourth-order valence-electron chi connectivity index (χ4n) is 1.81. The summed E-state index contributed by atoms with van der Waals surface area (Å²) in [5.74, 6) is -0.115. The van der Waals surface area contributed by atoms with Gasteiger partial charge < -0.3 is 5.32 Å². The van der Waals surface area contributed by atoms with Crippen molar-refractivity contribution in [2.75, 3.05) is 6.54 Å². The van der Waals surface area contributed by atoms with Crippen LogP contribution in [-0.2, 0) is 0 Å². The summed E-state index contributed by atoms with van der Waals surface area (Å²) in [5, 5.41) is 3.36. The predicted molar refractivity (Wildman–Crippen MR) is 67.0 cm³/mol. The number of unbranched alkanes of at least 4 members (excludes halogenated alkanes) is 3. The first-order chi connectivity index (χ1) is 7.75. The monoisotopic (exact) mass is 223 g/mol. The molecule has 1 nitrogen and oxygen atoms in total. The maximum absolute atomic E-state index is 13.4. The fourth-order valence-corrected chi connectivity index (χ4v) is 1.81. The Hall–Kier alpha value is -0.890. The van der Waals surface area contributed by atoms with E-state index in [0.29, 0.717) is 0 Å². The average molecular weight is 223 g/mol. The molecule has 1 aromatic rings. The third kappa shape index (κ3) is 4.31. The van der Waals surface area contributed by atoms with Gasteiger partial charge in [0.05, 0.1) is 0 Å². The molecule has 1 unspecified atom stereocenters. The highest BCUT2D eigenvalue weighted by atomic mass is 19.1. The molecule has 0 fully saturated rings. The maximum Gasteiger partial charge on any atom is 0.127 e. The third-order valence-corrected chi connectivity index (χ3v) is 2.85. The van der Waals surface area contributed by atoms with Gasteiger partial charge in [0.2, 0.25) is 0 Å². The van der Waals surface area contributed by atoms with E-state index in [4.69, 9.17) is 0 Å². The molecule has 0 aliphatic heterocycles. The van der Waals surface area contributed by atoms with E-state index in [9.17, 15) is 4.39 Å². The Labute approximate surface area is 98.1 Å². The van der Waals surface area contributed by atoms with Gasteiger partial charge in [0.15, 0.2) is 0 Å². The van der Waals surface area contributed by atoms with Crippen LogP contribution in [0.2, 0.25) is 0 Å². The highest BCUT2D eigenvalue weighted by molar-refractivity contribution is 5.20. The van der Waals surface area contributed by atoms with E-state index in [1.54, 1.807) is 6.07 Å². The van der Waals surface area contributed by atoms with Crippen molar-refractivity contribution in [2.24, 2.45) is 0 Å². The van der Waals surface area contributed by atoms with Crippen molar-refractivity contribution in [1.82, 2.24) is 5.32 Å². The van der Waals surface area contributed by atoms with Gasteiger partial charge in [-0.1, -0.05) is 44.4 Å². The van der Waals surface area contributed by atoms with Gasteiger partial charge in [-0.2, -0.15) is 0 Å². The van der Waals surface area contributed by atoms with Gasteiger partial charge in [0.1, 0.15) is 5.82 Å². The molecule has 90 valence electrons. The summed E-state index contributed by atoms with van der Waals surface area (Å²) >= 11 is 0. The van der Waals surface area contributed by atoms with Gasteiger partial charge in [0.25, 0.3) is 0 Å². The molecule has 1 N–H and O–H groups in total. The number of rotatable bonds is 7. The lowest BCUT2D eigenvalue weighted by Crippen LogP contribution is -2.20. The second-order valence-electron chi connectivity index (χ2n) is 4.26. The summed E-state index contributed by atoms with van der Waals surface area (Å²) in [4.78, 5) is 0. The molecule has 0 spiro atoms. The van der Waals surface area contributed by atoms with Crippen molar-refractivity contribution in [3.05, 3.63) is 35.6 Å². The lowest BCUT2D eigenvalue weighted by Gasteiger charge is -2.14. The summed E-state index contributed by atoms with van der Waals surface area (Å²) in [6.07, 6.45) is 4.97. The summed E-state index contributed by atoms with van der Waals surface area (Å²) in [6, 6.07) is 7.08. The standard InChI is InChI=1S/C14H22FN/c1-3-4-5-8-11-16-12(2)13-9-6-7-10-14(13)15/h6-7,9-10,12,16H,3-5,8,11H2,1-2H3. The van der Waals surface area contributed by atoms with E-state index >= 15 is 0 Å². The molecule has 2 heteroatoms. The van der Waals surface area contributed by atoms with Crippen LogP contribution in [0.5, 0.6) is 0 Å². The van der Waals surface area contributed by atoms with Crippen LogP contribution in [0.4, 0.5) is 4.39 Å². The molecule has 16 heavy (non-hydrogen) atoms. The molecule has 0 aliphatic carbocycles. The minimum Gasteiger partial charge on any atom is -0.310 e. The summed E-state index contributed by atoms with van der Waals surface area (Å²) in [5.41, 5.74) is 0.762. The Kier molecular flexibility index (Phi) is 6.09. The zero-order chi connectivity index (χ0) is 11.8. The smallest absolute Gasteiger partial charge is 0.127 e. The van der Waals surface area contributed by atoms with Crippen LogP contribution in [0.3, 0.4) is 0 Å². The van der Waals surface area contributed by atoms with Crippen LogP contribution in [0, 0.1) is 5.82 Å². The zero-order valence-corrected chi connectivity index (χ0v) is 10.3. The Morgan fingerprint density at radius 3 is 2.62 bits per heavy atom. The Bertz CT molecular complexity index is 299. The topological polar surface area (TPSA) is 12.0 Å². The summed E-state index contributed by atoms with van der Waals surface area (Å²) in [6.45, 7) is 5.18. The molecule has 0 heterocycles. The lowest BCUT2D eigenvalue weighted by molar-refractivity contribution is 0.510. The number of hydrogen-bond acceptors (Lipinski definition) is 1. The normalized spacial score (nSPS) is 12.7. The predicted octanol–water partition coefficient (Wildman–Crippen LogP) is 4.06. The highest BCUT2D eigenvalue weighted by Gasteiger charge is 2.08. The van der Waals surface area contributed by atoms with Gasteiger partial charge in [-0.15, -0.1) is 0 Å². The molecule has 0 aromatic heterocycles. The minimum absolute atomic E-state index is 0.0998. The molecule has 0 saturated carbocycles. The zero-order valence-electron chi connectivity index (χ0n) is 10.3. The maximum atomic E-state index is 13.4. The van der Waals surface area contributed by atoms with Crippen LogP contribution in [-0.4, -0.2) is 6.54 Å². The quantitative estimate of drug-likeness (QED) is 0.687. The first-order valence-electron chi connectivity index (χ1n) is 6.23. The second kappa shape index (κ2) is 7.39. The molecular formula is C14H22FN. The third-order valence-electron chi connectivity index (χ3n) is 2.85. The van der Waals surface area contributed by atoms with Crippen LogP contribution in [0.25, 0.3) is 0 Å². The SMILES string of the molecule is CCCCCCNC(C)c1ccccc1F. The molecule has 0 aliphatic rings. The average Bonchev–Trinajstić information content (AvgIpc) is 2.29. The van der Waals surface area contributed by atoms with Crippen LogP contribution >= 0.6 is 0 Å². The Balaban J connectivity index is 2.30. The molecule has 1 atom stereocenters. The second-order valence-corrected chi connectivity index (χ2v) is 4.26. The minimum atomic E-state index is -0.115. The first kappa shape index (κ1) is 13.2. The van der Waals surface area contributed by atoms with Gasteiger partial charge in [-0.3, -0.25) is 0 Å². The molecule has 1 rings (SSSR count).